The van der Waals surface area contributed by atoms with Crippen LogP contribution in [0, 0.1) is 11.3 Å². The highest BCUT2D eigenvalue weighted by Crippen LogP contribution is 2.48. The lowest BCUT2D eigenvalue weighted by Crippen LogP contribution is -2.39. The van der Waals surface area contributed by atoms with Crippen LogP contribution in [0.15, 0.2) is 0 Å². The summed E-state index contributed by atoms with van der Waals surface area (Å²) in [4.78, 5) is 0. The third-order valence-corrected chi connectivity index (χ3v) is 5.28. The maximum atomic E-state index is 5.14. The second kappa shape index (κ2) is 7.49. The molecule has 0 aromatic heterocycles. The number of rotatable bonds is 6. The molecule has 0 aliphatic heterocycles. The van der Waals surface area contributed by atoms with Crippen molar-refractivity contribution in [2.75, 3.05) is 26.8 Å². The molecule has 1 N–H and O–H groups in total. The summed E-state index contributed by atoms with van der Waals surface area (Å²) >= 11 is 0. The van der Waals surface area contributed by atoms with Gasteiger partial charge in [0.25, 0.3) is 0 Å². The molecule has 0 amide bonds. The zero-order valence-electron chi connectivity index (χ0n) is 12.2. The van der Waals surface area contributed by atoms with Gasteiger partial charge in [-0.2, -0.15) is 0 Å². The molecule has 2 rings (SSSR count). The van der Waals surface area contributed by atoms with Crippen molar-refractivity contribution in [1.82, 2.24) is 5.32 Å². The van der Waals surface area contributed by atoms with E-state index in [0.717, 1.165) is 19.1 Å². The van der Waals surface area contributed by atoms with Gasteiger partial charge in [0, 0.05) is 20.2 Å². The van der Waals surface area contributed by atoms with Gasteiger partial charge in [-0.3, -0.25) is 0 Å². The molecular formula is C16H31NO. The number of hydrogen-bond acceptors (Lipinski definition) is 2. The van der Waals surface area contributed by atoms with Crippen molar-refractivity contribution in [2.24, 2.45) is 11.3 Å². The second-order valence-corrected chi connectivity index (χ2v) is 6.43. The van der Waals surface area contributed by atoms with Crippen LogP contribution in [0.3, 0.4) is 0 Å². The van der Waals surface area contributed by atoms with Crippen molar-refractivity contribution in [3.63, 3.8) is 0 Å². The van der Waals surface area contributed by atoms with Gasteiger partial charge in [0.1, 0.15) is 0 Å². The predicted molar refractivity (Wildman–Crippen MR) is 76.8 cm³/mol. The Morgan fingerprint density at radius 3 is 2.28 bits per heavy atom. The monoisotopic (exact) mass is 253 g/mol. The van der Waals surface area contributed by atoms with Crippen LogP contribution >= 0.6 is 0 Å². The molecular weight excluding hydrogens is 222 g/mol. The first-order valence-corrected chi connectivity index (χ1v) is 8.07. The van der Waals surface area contributed by atoms with Gasteiger partial charge < -0.3 is 10.1 Å². The second-order valence-electron chi connectivity index (χ2n) is 6.43. The van der Waals surface area contributed by atoms with E-state index >= 15 is 0 Å². The summed E-state index contributed by atoms with van der Waals surface area (Å²) in [5.74, 6) is 0.998. The average molecular weight is 253 g/mol. The molecule has 0 radical (unpaired) electrons. The highest BCUT2D eigenvalue weighted by Gasteiger charge is 2.40. The maximum Gasteiger partial charge on any atom is 0.0587 e. The predicted octanol–water partition coefficient (Wildman–Crippen LogP) is 3.75. The molecule has 2 aliphatic carbocycles. The summed E-state index contributed by atoms with van der Waals surface area (Å²) in [6.45, 7) is 3.10. The van der Waals surface area contributed by atoms with Crippen molar-refractivity contribution < 1.29 is 4.74 Å². The lowest BCUT2D eigenvalue weighted by atomic mass is 9.70. The van der Waals surface area contributed by atoms with E-state index in [-0.39, 0.29) is 0 Å². The molecule has 0 atom stereocenters. The van der Waals surface area contributed by atoms with Crippen molar-refractivity contribution in [2.45, 2.75) is 64.2 Å². The first-order chi connectivity index (χ1) is 8.87. The molecule has 0 unspecified atom stereocenters. The smallest absolute Gasteiger partial charge is 0.0587 e. The van der Waals surface area contributed by atoms with Crippen LogP contribution in [0.5, 0.6) is 0 Å². The Labute approximate surface area is 113 Å². The van der Waals surface area contributed by atoms with E-state index in [2.05, 4.69) is 5.32 Å². The largest absolute Gasteiger partial charge is 0.383 e. The summed E-state index contributed by atoms with van der Waals surface area (Å²) in [6, 6.07) is 0. The van der Waals surface area contributed by atoms with Crippen LogP contribution < -0.4 is 5.32 Å². The molecule has 18 heavy (non-hydrogen) atoms. The molecule has 0 saturated heterocycles. The van der Waals surface area contributed by atoms with E-state index in [1.807, 2.05) is 0 Å². The van der Waals surface area contributed by atoms with E-state index in [1.165, 1.54) is 70.8 Å². The highest BCUT2D eigenvalue weighted by atomic mass is 16.5. The summed E-state index contributed by atoms with van der Waals surface area (Å²) in [5, 5.41) is 3.66. The van der Waals surface area contributed by atoms with Gasteiger partial charge in [0.2, 0.25) is 0 Å². The fraction of sp³-hybridized carbons (Fsp3) is 1.00. The van der Waals surface area contributed by atoms with E-state index in [0.29, 0.717) is 5.41 Å². The zero-order valence-corrected chi connectivity index (χ0v) is 12.2. The molecule has 0 heterocycles. The Bertz CT molecular complexity index is 215. The highest BCUT2D eigenvalue weighted by molar-refractivity contribution is 4.92. The fourth-order valence-electron chi connectivity index (χ4n) is 4.21. The number of nitrogens with one attached hydrogen (secondary N) is 1. The van der Waals surface area contributed by atoms with E-state index in [1.54, 1.807) is 7.11 Å². The first kappa shape index (κ1) is 14.3. The van der Waals surface area contributed by atoms with Crippen molar-refractivity contribution in [3.8, 4) is 0 Å². The van der Waals surface area contributed by atoms with Crippen LogP contribution in [0.2, 0.25) is 0 Å². The van der Waals surface area contributed by atoms with E-state index in [9.17, 15) is 0 Å². The molecule has 2 fully saturated rings. The minimum absolute atomic E-state index is 0.637. The van der Waals surface area contributed by atoms with Crippen LogP contribution in [0.25, 0.3) is 0 Å². The van der Waals surface area contributed by atoms with Crippen molar-refractivity contribution >= 4 is 0 Å². The summed E-state index contributed by atoms with van der Waals surface area (Å²) in [6.07, 6.45) is 14.8. The van der Waals surface area contributed by atoms with Crippen LogP contribution in [-0.4, -0.2) is 26.8 Å². The zero-order chi connectivity index (χ0) is 12.7. The third-order valence-electron chi connectivity index (χ3n) is 5.28. The number of hydrogen-bond donors (Lipinski definition) is 1. The Hall–Kier alpha value is -0.0800. The SMILES string of the molecule is COCCNCC1(C2CCCCCC2)CCCC1. The third kappa shape index (κ3) is 3.71. The van der Waals surface area contributed by atoms with Crippen LogP contribution in [0.4, 0.5) is 0 Å². The first-order valence-electron chi connectivity index (χ1n) is 8.07. The standard InChI is InChI=1S/C16H31NO/c1-18-13-12-17-14-16(10-6-7-11-16)15-8-4-2-3-5-9-15/h15,17H,2-14H2,1H3. The van der Waals surface area contributed by atoms with Gasteiger partial charge in [-0.25, -0.2) is 0 Å². The topological polar surface area (TPSA) is 21.3 Å². The van der Waals surface area contributed by atoms with Gasteiger partial charge in [-0.1, -0.05) is 38.5 Å². The molecule has 0 spiro atoms. The minimum atomic E-state index is 0.637. The Kier molecular flexibility index (Phi) is 5.97. The van der Waals surface area contributed by atoms with E-state index in [4.69, 9.17) is 4.74 Å². The molecule has 0 bridgehead atoms. The van der Waals surface area contributed by atoms with Crippen LogP contribution in [-0.2, 0) is 4.74 Å². The maximum absolute atomic E-state index is 5.14. The minimum Gasteiger partial charge on any atom is -0.383 e. The molecule has 106 valence electrons. The van der Waals surface area contributed by atoms with E-state index < -0.39 is 0 Å². The van der Waals surface area contributed by atoms with Crippen LogP contribution in [0.1, 0.15) is 64.2 Å². The number of ether oxygens (including phenoxy) is 1. The van der Waals surface area contributed by atoms with Crippen molar-refractivity contribution in [1.29, 1.82) is 0 Å². The summed E-state index contributed by atoms with van der Waals surface area (Å²) in [7, 11) is 1.79. The van der Waals surface area contributed by atoms with Crippen molar-refractivity contribution in [3.05, 3.63) is 0 Å². The molecule has 2 aliphatic rings. The summed E-state index contributed by atoms with van der Waals surface area (Å²) < 4.78 is 5.14. The van der Waals surface area contributed by atoms with Gasteiger partial charge in [-0.15, -0.1) is 0 Å². The lowest BCUT2D eigenvalue weighted by Gasteiger charge is -2.38. The Morgan fingerprint density at radius 2 is 1.67 bits per heavy atom. The molecule has 2 saturated carbocycles. The average Bonchev–Trinajstić information content (AvgIpc) is 2.70. The molecule has 2 nitrogen and oxygen atoms in total. The molecule has 0 aromatic rings. The fourth-order valence-corrected chi connectivity index (χ4v) is 4.21. The normalized spacial score (nSPS) is 25.2. The quantitative estimate of drug-likeness (QED) is 0.575. The molecule has 2 heteroatoms. The van der Waals surface area contributed by atoms with Gasteiger partial charge in [0.05, 0.1) is 6.61 Å². The molecule has 0 aromatic carbocycles. The Morgan fingerprint density at radius 1 is 1.00 bits per heavy atom. The lowest BCUT2D eigenvalue weighted by molar-refractivity contribution is 0.134. The van der Waals surface area contributed by atoms with Gasteiger partial charge in [-0.05, 0) is 37.0 Å². The Balaban J connectivity index is 1.87. The number of methoxy groups -OCH3 is 1. The summed E-state index contributed by atoms with van der Waals surface area (Å²) in [5.41, 5.74) is 0.637. The van der Waals surface area contributed by atoms with Gasteiger partial charge >= 0.3 is 0 Å². The van der Waals surface area contributed by atoms with Gasteiger partial charge in [0.15, 0.2) is 0 Å².